The highest BCUT2D eigenvalue weighted by atomic mass is 127. The molecule has 7 nitrogen and oxygen atoms in total. The van der Waals surface area contributed by atoms with Gasteiger partial charge < -0.3 is 15.0 Å². The molecule has 0 aromatic carbocycles. The molecule has 3 rings (SSSR count). The van der Waals surface area contributed by atoms with Crippen LogP contribution in [0.3, 0.4) is 0 Å². The van der Waals surface area contributed by atoms with Gasteiger partial charge in [0.15, 0.2) is 15.8 Å². The maximum absolute atomic E-state index is 12.3. The molecule has 166 valence electrons. The van der Waals surface area contributed by atoms with Crippen molar-refractivity contribution < 1.29 is 13.2 Å². The molecule has 2 saturated heterocycles. The van der Waals surface area contributed by atoms with Crippen molar-refractivity contribution >= 4 is 51.1 Å². The summed E-state index contributed by atoms with van der Waals surface area (Å²) >= 11 is 1.83. The van der Waals surface area contributed by atoms with Crippen LogP contribution in [0.2, 0.25) is 0 Å². The lowest BCUT2D eigenvalue weighted by atomic mass is 10.1. The average molecular weight is 557 g/mol. The zero-order valence-electron chi connectivity index (χ0n) is 17.7. The predicted molar refractivity (Wildman–Crippen MR) is 130 cm³/mol. The van der Waals surface area contributed by atoms with Gasteiger partial charge in [0.25, 0.3) is 0 Å². The van der Waals surface area contributed by atoms with Crippen LogP contribution in [-0.4, -0.2) is 87.7 Å². The van der Waals surface area contributed by atoms with Crippen molar-refractivity contribution in [2.45, 2.75) is 31.6 Å². The highest BCUT2D eigenvalue weighted by Crippen LogP contribution is 2.28. The second-order valence-corrected chi connectivity index (χ2v) is 12.1. The standard InChI is InChI=1S/C19H32N4O3S2.HI/c1-15-5-6-17(27-15)16(22-7-10-26-11-8-22)13-21-18(20-4)23-9-12-28(24,25)19(2,3)14-23;/h5-6,16H,7-14H2,1-4H3,(H,20,21);1H. The fraction of sp³-hybridized carbons (Fsp3) is 0.737. The second kappa shape index (κ2) is 10.3. The molecule has 0 aliphatic carbocycles. The van der Waals surface area contributed by atoms with E-state index in [1.807, 2.05) is 11.3 Å². The Morgan fingerprint density at radius 2 is 2.00 bits per heavy atom. The number of halogens is 1. The summed E-state index contributed by atoms with van der Waals surface area (Å²) in [5.41, 5.74) is 0. The monoisotopic (exact) mass is 556 g/mol. The van der Waals surface area contributed by atoms with Crippen LogP contribution in [-0.2, 0) is 14.6 Å². The number of guanidine groups is 1. The molecule has 2 aliphatic rings. The van der Waals surface area contributed by atoms with E-state index in [9.17, 15) is 8.42 Å². The Morgan fingerprint density at radius 3 is 2.55 bits per heavy atom. The van der Waals surface area contributed by atoms with Crippen LogP contribution in [0.15, 0.2) is 17.1 Å². The van der Waals surface area contributed by atoms with E-state index in [4.69, 9.17) is 4.74 Å². The van der Waals surface area contributed by atoms with Crippen LogP contribution in [0.5, 0.6) is 0 Å². The van der Waals surface area contributed by atoms with E-state index in [1.165, 1.54) is 9.75 Å². The number of thiophene rings is 1. The van der Waals surface area contributed by atoms with Gasteiger partial charge in [-0.05, 0) is 32.9 Å². The minimum absolute atomic E-state index is 0. The van der Waals surface area contributed by atoms with Crippen LogP contribution >= 0.6 is 35.3 Å². The number of aryl methyl sites for hydroxylation is 1. The molecule has 0 spiro atoms. The molecule has 0 bridgehead atoms. The van der Waals surface area contributed by atoms with Gasteiger partial charge in [-0.2, -0.15) is 0 Å². The number of nitrogens with zero attached hydrogens (tertiary/aromatic N) is 3. The fourth-order valence-electron chi connectivity index (χ4n) is 3.78. The molecule has 0 radical (unpaired) electrons. The smallest absolute Gasteiger partial charge is 0.193 e. The molecule has 1 unspecified atom stereocenters. The zero-order valence-corrected chi connectivity index (χ0v) is 21.6. The van der Waals surface area contributed by atoms with E-state index in [-0.39, 0.29) is 35.8 Å². The van der Waals surface area contributed by atoms with Gasteiger partial charge in [0.05, 0.1) is 29.8 Å². The Bertz CT molecular complexity index is 804. The van der Waals surface area contributed by atoms with Crippen LogP contribution in [0.4, 0.5) is 0 Å². The van der Waals surface area contributed by atoms with Gasteiger partial charge >= 0.3 is 0 Å². The quantitative estimate of drug-likeness (QED) is 0.348. The van der Waals surface area contributed by atoms with Gasteiger partial charge in [0, 0.05) is 49.5 Å². The molecule has 3 heterocycles. The van der Waals surface area contributed by atoms with E-state index >= 15 is 0 Å². The largest absolute Gasteiger partial charge is 0.379 e. The first-order valence-electron chi connectivity index (χ1n) is 9.79. The number of ether oxygens (including phenoxy) is 1. The van der Waals surface area contributed by atoms with Crippen molar-refractivity contribution in [3.63, 3.8) is 0 Å². The number of hydrogen-bond acceptors (Lipinski definition) is 6. The van der Waals surface area contributed by atoms with Crippen molar-refractivity contribution in [2.24, 2.45) is 4.99 Å². The molecule has 2 aliphatic heterocycles. The summed E-state index contributed by atoms with van der Waals surface area (Å²) in [5.74, 6) is 0.937. The Labute approximate surface area is 195 Å². The summed E-state index contributed by atoms with van der Waals surface area (Å²) in [6.45, 7) is 10.7. The van der Waals surface area contributed by atoms with Gasteiger partial charge in [0.1, 0.15) is 0 Å². The zero-order chi connectivity index (χ0) is 20.4. The molecule has 10 heteroatoms. The second-order valence-electron chi connectivity index (χ2n) is 8.04. The van der Waals surface area contributed by atoms with Crippen LogP contribution in [0.25, 0.3) is 0 Å². The number of rotatable bonds is 4. The maximum atomic E-state index is 12.3. The van der Waals surface area contributed by atoms with Crippen molar-refractivity contribution in [1.82, 2.24) is 15.1 Å². The normalized spacial score (nSPS) is 23.3. The van der Waals surface area contributed by atoms with Crippen molar-refractivity contribution in [3.05, 3.63) is 21.9 Å². The predicted octanol–water partition coefficient (Wildman–Crippen LogP) is 2.13. The van der Waals surface area contributed by atoms with Crippen LogP contribution in [0.1, 0.15) is 29.6 Å². The molecule has 1 aromatic rings. The third-order valence-corrected chi connectivity index (χ3v) is 9.22. The summed E-state index contributed by atoms with van der Waals surface area (Å²) in [5, 5.41) is 3.51. The number of sulfone groups is 1. The summed E-state index contributed by atoms with van der Waals surface area (Å²) in [6.07, 6.45) is 0. The van der Waals surface area contributed by atoms with Crippen LogP contribution in [0, 0.1) is 6.92 Å². The Kier molecular flexibility index (Phi) is 8.78. The number of nitrogens with one attached hydrogen (secondary N) is 1. The van der Waals surface area contributed by atoms with Gasteiger partial charge in [-0.25, -0.2) is 8.42 Å². The molecule has 1 aromatic heterocycles. The third-order valence-electron chi connectivity index (χ3n) is 5.58. The molecule has 0 amide bonds. The van der Waals surface area contributed by atoms with Gasteiger partial charge in [-0.1, -0.05) is 0 Å². The molecule has 2 fully saturated rings. The summed E-state index contributed by atoms with van der Waals surface area (Å²) in [4.78, 5) is 11.6. The summed E-state index contributed by atoms with van der Waals surface area (Å²) < 4.78 is 29.4. The van der Waals surface area contributed by atoms with E-state index in [0.717, 1.165) is 38.8 Å². The summed E-state index contributed by atoms with van der Waals surface area (Å²) in [6, 6.07) is 4.63. The lowest BCUT2D eigenvalue weighted by Gasteiger charge is -2.40. The minimum atomic E-state index is -3.07. The lowest BCUT2D eigenvalue weighted by Crippen LogP contribution is -2.57. The van der Waals surface area contributed by atoms with Gasteiger partial charge in [-0.3, -0.25) is 9.89 Å². The Hall–Kier alpha value is -0.430. The average Bonchev–Trinajstić information content (AvgIpc) is 3.08. The highest BCUT2D eigenvalue weighted by molar-refractivity contribution is 14.0. The molecular weight excluding hydrogens is 523 g/mol. The first kappa shape index (κ1) is 24.8. The SMILES string of the molecule is CN=C(NCC(c1ccc(C)s1)N1CCOCC1)N1CCS(=O)(=O)C(C)(C)C1.I. The molecule has 1 atom stereocenters. The highest BCUT2D eigenvalue weighted by Gasteiger charge is 2.41. The molecule has 1 N–H and O–H groups in total. The molecule has 29 heavy (non-hydrogen) atoms. The summed E-state index contributed by atoms with van der Waals surface area (Å²) in [7, 11) is -1.31. The maximum Gasteiger partial charge on any atom is 0.193 e. The number of aliphatic imine (C=N–C) groups is 1. The molecule has 0 saturated carbocycles. The fourth-order valence-corrected chi connectivity index (χ4v) is 6.15. The lowest BCUT2D eigenvalue weighted by molar-refractivity contribution is 0.0176. The van der Waals surface area contributed by atoms with E-state index in [0.29, 0.717) is 13.1 Å². The van der Waals surface area contributed by atoms with E-state index in [2.05, 4.69) is 39.2 Å². The van der Waals surface area contributed by atoms with E-state index in [1.54, 1.807) is 20.9 Å². The van der Waals surface area contributed by atoms with Crippen LogP contribution < -0.4 is 5.32 Å². The first-order chi connectivity index (χ1) is 13.2. The van der Waals surface area contributed by atoms with Crippen molar-refractivity contribution in [1.29, 1.82) is 0 Å². The Morgan fingerprint density at radius 1 is 1.31 bits per heavy atom. The van der Waals surface area contributed by atoms with Crippen molar-refractivity contribution in [3.8, 4) is 0 Å². The van der Waals surface area contributed by atoms with Crippen molar-refractivity contribution in [2.75, 3.05) is 58.7 Å². The number of morpholine rings is 1. The third kappa shape index (κ3) is 5.84. The van der Waals surface area contributed by atoms with Gasteiger partial charge in [-0.15, -0.1) is 35.3 Å². The molecular formula is C19H33IN4O3S2. The topological polar surface area (TPSA) is 74.2 Å². The first-order valence-corrected chi connectivity index (χ1v) is 12.3. The van der Waals surface area contributed by atoms with Gasteiger partial charge in [0.2, 0.25) is 0 Å². The number of hydrogen-bond donors (Lipinski definition) is 1. The van der Waals surface area contributed by atoms with E-state index < -0.39 is 14.6 Å². The Balaban J connectivity index is 0.00000300. The minimum Gasteiger partial charge on any atom is -0.379 e.